The van der Waals surface area contributed by atoms with Crippen LogP contribution in [0, 0.1) is 0 Å². The van der Waals surface area contributed by atoms with E-state index in [2.05, 4.69) is 37.5 Å². The summed E-state index contributed by atoms with van der Waals surface area (Å²) in [6, 6.07) is 0. The summed E-state index contributed by atoms with van der Waals surface area (Å²) in [5, 5.41) is 22.4. The van der Waals surface area contributed by atoms with Crippen molar-refractivity contribution in [3.8, 4) is 0 Å². The molecule has 0 aromatic carbocycles. The van der Waals surface area contributed by atoms with E-state index in [1.165, 1.54) is 360 Å². The zero-order chi connectivity index (χ0) is 57.0. The number of nitrogens with zero attached hydrogens (tertiary/aromatic N) is 2. The van der Waals surface area contributed by atoms with Gasteiger partial charge in [-0.2, -0.15) is 0 Å². The van der Waals surface area contributed by atoms with Crippen LogP contribution in [0.25, 0.3) is 0 Å². The average molecular weight is 1140 g/mol. The molecule has 79 heavy (non-hydrogen) atoms. The number of aliphatic carboxylic acids is 2. The molecular formula is C72H144CaN2O4. The van der Waals surface area contributed by atoms with Crippen LogP contribution in [-0.4, -0.2) is 98.7 Å². The van der Waals surface area contributed by atoms with Gasteiger partial charge >= 0.3 is 37.7 Å². The van der Waals surface area contributed by atoms with Crippen LogP contribution in [0.5, 0.6) is 0 Å². The second-order valence-corrected chi connectivity index (χ2v) is 25.1. The maximum atomic E-state index is 11.2. The molecule has 0 aliphatic carbocycles. The molecule has 0 aromatic heterocycles. The zero-order valence-corrected chi connectivity index (χ0v) is 57.1. The van der Waals surface area contributed by atoms with Crippen molar-refractivity contribution in [3.63, 3.8) is 0 Å². The SMILES string of the molecule is CCCCCCCCCCCCCCCCCN(CCCCCCCCCCCCCCCCC)CC(=O)[O-].CCCCCCCCCCCCCCCCCN(CCCCCCCCCCCCCCCCC)CC(=O)[O-].[Ca+2]. The summed E-state index contributed by atoms with van der Waals surface area (Å²) in [4.78, 5) is 26.6. The van der Waals surface area contributed by atoms with Crippen molar-refractivity contribution in [2.45, 2.75) is 413 Å². The summed E-state index contributed by atoms with van der Waals surface area (Å²) in [5.41, 5.74) is 0. The fourth-order valence-electron chi connectivity index (χ4n) is 11.7. The largest absolute Gasteiger partial charge is 2.00 e. The first-order chi connectivity index (χ1) is 38.4. The first-order valence-electron chi connectivity index (χ1n) is 36.2. The Morgan fingerprint density at radius 1 is 0.203 bits per heavy atom. The van der Waals surface area contributed by atoms with Crippen LogP contribution < -0.4 is 10.2 Å². The van der Waals surface area contributed by atoms with Crippen molar-refractivity contribution in [1.29, 1.82) is 0 Å². The van der Waals surface area contributed by atoms with Gasteiger partial charge in [0.2, 0.25) is 0 Å². The number of unbranched alkanes of at least 4 members (excludes halogenated alkanes) is 56. The first-order valence-corrected chi connectivity index (χ1v) is 36.2. The molecule has 0 amide bonds. The Hall–Kier alpha value is 0.120. The van der Waals surface area contributed by atoms with Gasteiger partial charge < -0.3 is 19.8 Å². The van der Waals surface area contributed by atoms with E-state index in [0.29, 0.717) is 0 Å². The Labute approximate surface area is 527 Å². The van der Waals surface area contributed by atoms with Crippen LogP contribution in [-0.2, 0) is 9.59 Å². The summed E-state index contributed by atoms with van der Waals surface area (Å²) in [6.45, 7) is 13.0. The Kier molecular flexibility index (Phi) is 80.3. The van der Waals surface area contributed by atoms with Crippen LogP contribution in [0.1, 0.15) is 413 Å². The number of hydrogen-bond donors (Lipinski definition) is 0. The molecule has 0 unspecified atom stereocenters. The molecule has 7 heteroatoms. The Bertz CT molecular complexity index is 958. The Morgan fingerprint density at radius 2 is 0.304 bits per heavy atom. The maximum Gasteiger partial charge on any atom is 2.00 e. The summed E-state index contributed by atoms with van der Waals surface area (Å²) in [5.74, 6) is -1.84. The van der Waals surface area contributed by atoms with Crippen molar-refractivity contribution in [3.05, 3.63) is 0 Å². The molecule has 0 saturated carbocycles. The predicted molar refractivity (Wildman–Crippen MR) is 348 cm³/mol. The van der Waals surface area contributed by atoms with Crippen LogP contribution >= 0.6 is 0 Å². The fraction of sp³-hybridized carbons (Fsp3) is 0.972. The second-order valence-electron chi connectivity index (χ2n) is 25.1. The van der Waals surface area contributed by atoms with Crippen LogP contribution in [0.15, 0.2) is 0 Å². The van der Waals surface area contributed by atoms with Crippen LogP contribution in [0.2, 0.25) is 0 Å². The molecule has 0 aliphatic heterocycles. The van der Waals surface area contributed by atoms with Crippen molar-refractivity contribution in [1.82, 2.24) is 9.80 Å². The van der Waals surface area contributed by atoms with Crippen molar-refractivity contribution in [2.24, 2.45) is 0 Å². The molecule has 0 radical (unpaired) electrons. The molecule has 6 nitrogen and oxygen atoms in total. The molecule has 0 fully saturated rings. The normalized spacial score (nSPS) is 11.4. The van der Waals surface area contributed by atoms with E-state index >= 15 is 0 Å². The fourth-order valence-corrected chi connectivity index (χ4v) is 11.7. The third-order valence-electron chi connectivity index (χ3n) is 17.0. The molecule has 0 spiro atoms. The Morgan fingerprint density at radius 3 is 0.405 bits per heavy atom. The van der Waals surface area contributed by atoms with Gasteiger partial charge in [0.05, 0.1) is 11.9 Å². The standard InChI is InChI=1S/2C36H73NO2.Ca/c2*1-3-5-7-9-11-13-15-17-19-21-23-25-27-29-31-33-37(35-36(38)39)34-32-30-28-26-24-22-20-18-16-14-12-10-8-6-4-2;/h2*3-35H2,1-2H3,(H,38,39);/q;;+2/p-2. The van der Waals surface area contributed by atoms with Crippen molar-refractivity contribution in [2.75, 3.05) is 39.3 Å². The number of carboxylic acids is 2. The molecule has 0 aromatic rings. The van der Waals surface area contributed by atoms with Crippen molar-refractivity contribution < 1.29 is 19.8 Å². The van der Waals surface area contributed by atoms with E-state index in [9.17, 15) is 19.8 Å². The zero-order valence-electron chi connectivity index (χ0n) is 54.9. The number of carbonyl (C=O) groups is 2. The minimum atomic E-state index is -0.920. The van der Waals surface area contributed by atoms with Crippen molar-refractivity contribution >= 4 is 49.7 Å². The number of hydrogen-bond acceptors (Lipinski definition) is 6. The molecule has 0 heterocycles. The Balaban J connectivity index is -0.00000144. The van der Waals surface area contributed by atoms with Crippen LogP contribution in [0.3, 0.4) is 0 Å². The second kappa shape index (κ2) is 76.1. The third-order valence-corrected chi connectivity index (χ3v) is 17.0. The van der Waals surface area contributed by atoms with E-state index in [1.54, 1.807) is 0 Å². The van der Waals surface area contributed by atoms with Crippen LogP contribution in [0.4, 0.5) is 0 Å². The summed E-state index contributed by atoms with van der Waals surface area (Å²) in [7, 11) is 0. The molecule has 468 valence electrons. The van der Waals surface area contributed by atoms with Gasteiger partial charge in [-0.05, 0) is 51.9 Å². The van der Waals surface area contributed by atoms with Gasteiger partial charge in [0.15, 0.2) is 0 Å². The molecule has 0 saturated heterocycles. The number of carboxylic acid groups (broad SMARTS) is 2. The summed E-state index contributed by atoms with van der Waals surface area (Å²) >= 11 is 0. The van der Waals surface area contributed by atoms with Gasteiger partial charge in [-0.1, -0.05) is 387 Å². The summed E-state index contributed by atoms with van der Waals surface area (Å²) in [6.07, 6.45) is 82.2. The topological polar surface area (TPSA) is 86.7 Å². The van der Waals surface area contributed by atoms with Gasteiger partial charge in [-0.15, -0.1) is 0 Å². The van der Waals surface area contributed by atoms with E-state index in [0.717, 1.165) is 51.9 Å². The third kappa shape index (κ3) is 78.1. The average Bonchev–Trinajstić information content (AvgIpc) is 3.42. The molecule has 0 atom stereocenters. The van der Waals surface area contributed by atoms with Gasteiger partial charge in [-0.3, -0.25) is 9.80 Å². The summed E-state index contributed by atoms with van der Waals surface area (Å²) < 4.78 is 0. The number of carbonyl (C=O) groups excluding carboxylic acids is 2. The molecule has 0 rings (SSSR count). The van der Waals surface area contributed by atoms with E-state index in [-0.39, 0.29) is 50.8 Å². The van der Waals surface area contributed by atoms with Gasteiger partial charge in [0.1, 0.15) is 0 Å². The first kappa shape index (κ1) is 83.3. The number of rotatable bonds is 68. The quantitative estimate of drug-likeness (QED) is 0.0445. The monoisotopic (exact) mass is 1140 g/mol. The predicted octanol–water partition coefficient (Wildman–Crippen LogP) is 21.2. The van der Waals surface area contributed by atoms with Gasteiger partial charge in [0, 0.05) is 13.1 Å². The van der Waals surface area contributed by atoms with E-state index < -0.39 is 11.9 Å². The molecule has 0 aliphatic rings. The molecular weight excluding hydrogens is 997 g/mol. The van der Waals surface area contributed by atoms with E-state index in [1.807, 2.05) is 0 Å². The van der Waals surface area contributed by atoms with Gasteiger partial charge in [0.25, 0.3) is 0 Å². The van der Waals surface area contributed by atoms with E-state index in [4.69, 9.17) is 0 Å². The smallest absolute Gasteiger partial charge is 0.549 e. The molecule has 0 bridgehead atoms. The minimum absolute atomic E-state index is 0. The minimum Gasteiger partial charge on any atom is -0.549 e. The van der Waals surface area contributed by atoms with Gasteiger partial charge in [-0.25, -0.2) is 0 Å². The maximum absolute atomic E-state index is 11.2. The molecule has 0 N–H and O–H groups in total.